The molecular formula is C47H80N3O8+. The van der Waals surface area contributed by atoms with Gasteiger partial charge >= 0.3 is 0 Å². The summed E-state index contributed by atoms with van der Waals surface area (Å²) in [7, 11) is 0. The lowest BCUT2D eigenvalue weighted by Crippen LogP contribution is -2.95. The molecule has 2 heterocycles. The zero-order valence-corrected chi connectivity index (χ0v) is 36.2. The third kappa shape index (κ3) is 6.94. The number of aliphatic hydroxyl groups excluding tert-OH is 3. The average Bonchev–Trinajstić information content (AvgIpc) is 3.52. The van der Waals surface area contributed by atoms with Crippen LogP contribution < -0.4 is 11.1 Å². The van der Waals surface area contributed by atoms with Crippen LogP contribution in [-0.2, 0) is 9.53 Å². The van der Waals surface area contributed by atoms with Gasteiger partial charge in [0, 0.05) is 29.6 Å². The van der Waals surface area contributed by atoms with Crippen LogP contribution in [0.25, 0.3) is 0 Å². The van der Waals surface area contributed by atoms with Crippen molar-refractivity contribution < 1.29 is 45.5 Å². The Morgan fingerprint density at radius 2 is 1.71 bits per heavy atom. The van der Waals surface area contributed by atoms with Crippen molar-refractivity contribution in [1.29, 1.82) is 0 Å². The largest absolute Gasteiger partial charge is 0.391 e. The molecule has 0 aromatic carbocycles. The Hall–Kier alpha value is -1.02. The minimum atomic E-state index is -1.58. The van der Waals surface area contributed by atoms with Gasteiger partial charge in [-0.05, 0) is 139 Å². The van der Waals surface area contributed by atoms with Gasteiger partial charge in [0.1, 0.15) is 11.8 Å². The summed E-state index contributed by atoms with van der Waals surface area (Å²) in [6, 6.07) is 0. The minimum absolute atomic E-state index is 0.0307. The molecule has 0 spiro atoms. The van der Waals surface area contributed by atoms with Crippen LogP contribution in [0.4, 0.5) is 0 Å². The van der Waals surface area contributed by atoms with E-state index >= 15 is 4.79 Å². The molecule has 58 heavy (non-hydrogen) atoms. The maximum absolute atomic E-state index is 15.1. The Bertz CT molecular complexity index is 1520. The molecule has 0 aromatic rings. The first-order valence-corrected chi connectivity index (χ1v) is 24.0. The van der Waals surface area contributed by atoms with Gasteiger partial charge in [-0.1, -0.05) is 46.0 Å². The molecule has 8 fully saturated rings. The fraction of sp³-hybridized carbons (Fsp3) is 0.957. The second-order valence-corrected chi connectivity index (χ2v) is 22.0. The molecule has 6 aliphatic carbocycles. The van der Waals surface area contributed by atoms with E-state index in [-0.39, 0.29) is 42.9 Å². The van der Waals surface area contributed by atoms with Crippen LogP contribution in [0.5, 0.6) is 0 Å². The third-order valence-corrected chi connectivity index (χ3v) is 19.1. The zero-order valence-electron chi connectivity index (χ0n) is 36.2. The summed E-state index contributed by atoms with van der Waals surface area (Å²) in [5, 5.41) is 75.4. The fourth-order valence-corrected chi connectivity index (χ4v) is 15.9. The molecule has 0 radical (unpaired) electrons. The topological polar surface area (TPSA) is 203 Å². The average molecular weight is 815 g/mol. The quantitative estimate of drug-likeness (QED) is 0.171. The number of piperidine rings is 1. The number of rotatable bonds is 9. The highest BCUT2D eigenvalue weighted by atomic mass is 16.5. The van der Waals surface area contributed by atoms with Gasteiger partial charge in [0.15, 0.2) is 5.78 Å². The Balaban J connectivity index is 1.14. The molecule has 0 bridgehead atoms. The Morgan fingerprint density at radius 3 is 2.43 bits per heavy atom. The number of hydrogen-bond donors (Lipinski definition) is 8. The molecule has 10 N–H and O–H groups in total. The predicted molar refractivity (Wildman–Crippen MR) is 221 cm³/mol. The number of carbonyl (C=O) groups is 1. The van der Waals surface area contributed by atoms with Crippen molar-refractivity contribution in [2.24, 2.45) is 68.9 Å². The van der Waals surface area contributed by atoms with E-state index in [1.54, 1.807) is 6.92 Å². The van der Waals surface area contributed by atoms with Crippen LogP contribution in [0.3, 0.4) is 0 Å². The van der Waals surface area contributed by atoms with Crippen molar-refractivity contribution in [3.63, 3.8) is 0 Å². The molecule has 2 aliphatic heterocycles. The van der Waals surface area contributed by atoms with Crippen LogP contribution >= 0.6 is 0 Å². The van der Waals surface area contributed by atoms with Gasteiger partial charge < -0.3 is 40.7 Å². The first kappa shape index (κ1) is 43.6. The van der Waals surface area contributed by atoms with Gasteiger partial charge in [0.2, 0.25) is 0 Å². The van der Waals surface area contributed by atoms with E-state index in [4.69, 9.17) is 15.5 Å². The second kappa shape index (κ2) is 16.3. The number of quaternary nitrogens is 1. The van der Waals surface area contributed by atoms with Crippen LogP contribution in [0.15, 0.2) is 4.99 Å². The van der Waals surface area contributed by atoms with Gasteiger partial charge in [-0.2, -0.15) is 0 Å². The van der Waals surface area contributed by atoms with E-state index in [1.807, 2.05) is 6.92 Å². The second-order valence-electron chi connectivity index (χ2n) is 22.0. The highest BCUT2D eigenvalue weighted by Gasteiger charge is 2.75. The monoisotopic (exact) mass is 815 g/mol. The van der Waals surface area contributed by atoms with E-state index in [0.717, 1.165) is 70.3 Å². The molecule has 11 heteroatoms. The van der Waals surface area contributed by atoms with Crippen LogP contribution in [0, 0.1) is 58.2 Å². The highest BCUT2D eigenvalue weighted by Crippen LogP contribution is 2.71. The zero-order chi connectivity index (χ0) is 41.4. The maximum Gasteiger partial charge on any atom is 0.180 e. The predicted octanol–water partition coefficient (Wildman–Crippen LogP) is 3.77. The van der Waals surface area contributed by atoms with Crippen molar-refractivity contribution in [3.8, 4) is 0 Å². The molecule has 8 rings (SSSR count). The molecule has 330 valence electrons. The lowest BCUT2D eigenvalue weighted by atomic mass is 9.40. The number of aliphatic imine (C=N–C) groups is 1. The van der Waals surface area contributed by atoms with Gasteiger partial charge in [-0.25, -0.2) is 0 Å². The molecule has 0 amide bonds. The first-order valence-electron chi connectivity index (χ1n) is 24.0. The van der Waals surface area contributed by atoms with Gasteiger partial charge in [-0.15, -0.1) is 0 Å². The molecule has 2 saturated heterocycles. The Kier molecular flexibility index (Phi) is 12.2. The van der Waals surface area contributed by atoms with Crippen molar-refractivity contribution in [1.82, 2.24) is 0 Å². The van der Waals surface area contributed by atoms with Crippen LogP contribution in [0.2, 0.25) is 0 Å². The summed E-state index contributed by atoms with van der Waals surface area (Å²) in [6.07, 6.45) is 13.2. The van der Waals surface area contributed by atoms with E-state index < -0.39 is 69.8 Å². The smallest absolute Gasteiger partial charge is 0.180 e. The van der Waals surface area contributed by atoms with Crippen molar-refractivity contribution in [2.75, 3.05) is 13.1 Å². The number of Topliss-reactive ketones (excluding diaryl/α,β-unsaturated/α-hetero) is 1. The van der Waals surface area contributed by atoms with Gasteiger partial charge in [-0.3, -0.25) is 15.5 Å². The van der Waals surface area contributed by atoms with E-state index in [1.165, 1.54) is 19.3 Å². The molecule has 19 atom stereocenters. The SMILES string of the molecule is CCC[C@@H]1CC[C@@H]2[C@H]3CCCC[C@](O)([C@](C)(O)[C@@H]4CC[C@]5(O)[C@@H]6C(=NC[C@H](C)O)C(=O)[C@H]7C[C@@H](O)[C@@H](O)C[C@]7(CCC7CCC(N)[NH2+]C7)[C@@H]6CC[C@]45C)[C@@H]3O[C@@H]2CC1. The van der Waals surface area contributed by atoms with Crippen LogP contribution in [-0.4, -0.2) is 109 Å². The number of ketones is 1. The van der Waals surface area contributed by atoms with Crippen molar-refractivity contribution >= 4 is 11.5 Å². The Morgan fingerprint density at radius 1 is 0.948 bits per heavy atom. The molecule has 6 saturated carbocycles. The summed E-state index contributed by atoms with van der Waals surface area (Å²) in [5.41, 5.74) is 0.528. The standard InChI is InChI=1S/C47H79N3O8/c1-5-8-28-10-13-30-31-9-6-7-19-47(57,42(31)58-36(30)14-11-28)44(4,55)37-18-22-46(56)39-32(17-20-43(37,46)3)45(21-16-29-12-15-38(48)49-26-29)24-35(53)34(52)23-33(45)41(54)40(39)50-25-27(2)51/h27-39,42,49,51-53,55-57H,5-26,48H2,1-4H3/p+1/t27-,28+,29?,30+,31+,32+,33+,34+,35-,36+,37+,38?,39-,42+,43+,44+,45+,46-,47+/m0/s1. The first-order chi connectivity index (χ1) is 27.5. The number of hydrogen-bond acceptors (Lipinski definition) is 10. The summed E-state index contributed by atoms with van der Waals surface area (Å²) >= 11 is 0. The van der Waals surface area contributed by atoms with Crippen molar-refractivity contribution in [3.05, 3.63) is 0 Å². The highest BCUT2D eigenvalue weighted by molar-refractivity contribution is 6.42. The van der Waals surface area contributed by atoms with Crippen molar-refractivity contribution in [2.45, 2.75) is 210 Å². The molecule has 11 nitrogen and oxygen atoms in total. The summed E-state index contributed by atoms with van der Waals surface area (Å²) < 4.78 is 7.04. The Labute approximate surface area is 347 Å². The third-order valence-electron chi connectivity index (χ3n) is 19.1. The number of aliphatic hydroxyl groups is 6. The fourth-order valence-electron chi connectivity index (χ4n) is 15.9. The number of nitrogens with two attached hydrogens (primary N) is 2. The summed E-state index contributed by atoms with van der Waals surface area (Å²) in [5.74, 6) is -0.299. The van der Waals surface area contributed by atoms with E-state index in [9.17, 15) is 30.6 Å². The number of ether oxygens (including phenoxy) is 1. The molecule has 8 aliphatic rings. The normalized spacial score (nSPS) is 51.7. The minimum Gasteiger partial charge on any atom is -0.391 e. The number of carbonyl (C=O) groups excluding carboxylic acids is 1. The maximum atomic E-state index is 15.1. The lowest BCUT2D eigenvalue weighted by molar-refractivity contribution is -0.703. The number of fused-ring (bicyclic) bond motifs is 8. The molecule has 2 unspecified atom stereocenters. The molecule has 0 aromatic heterocycles. The van der Waals surface area contributed by atoms with Gasteiger partial charge in [0.25, 0.3) is 0 Å². The summed E-state index contributed by atoms with van der Waals surface area (Å²) in [4.78, 5) is 20.0. The van der Waals surface area contributed by atoms with Gasteiger partial charge in [0.05, 0.1) is 60.5 Å². The van der Waals surface area contributed by atoms with Crippen LogP contribution in [0.1, 0.15) is 156 Å². The number of nitrogens with zero attached hydrogens (tertiary/aromatic N) is 1. The lowest BCUT2D eigenvalue weighted by Gasteiger charge is -2.65. The van der Waals surface area contributed by atoms with E-state index in [2.05, 4.69) is 19.2 Å². The molecular weight excluding hydrogens is 735 g/mol. The summed E-state index contributed by atoms with van der Waals surface area (Å²) in [6.45, 7) is 8.80. The van der Waals surface area contributed by atoms with E-state index in [0.29, 0.717) is 62.5 Å².